The van der Waals surface area contributed by atoms with Crippen LogP contribution < -0.4 is 10.2 Å². The number of aromatic nitrogens is 5. The molecule has 35 heavy (non-hydrogen) atoms. The lowest BCUT2D eigenvalue weighted by Gasteiger charge is -2.29. The van der Waals surface area contributed by atoms with Gasteiger partial charge in [0.1, 0.15) is 16.2 Å². The summed E-state index contributed by atoms with van der Waals surface area (Å²) in [5, 5.41) is 22.2. The largest absolute Gasteiger partial charge is 0.504 e. The van der Waals surface area contributed by atoms with Crippen molar-refractivity contribution in [2.24, 2.45) is 7.05 Å². The highest BCUT2D eigenvalue weighted by molar-refractivity contribution is 7.13. The predicted molar refractivity (Wildman–Crippen MR) is 138 cm³/mol. The number of hydrogen-bond donors (Lipinski definition) is 2. The maximum atomic E-state index is 14.9. The number of rotatable bonds is 3. The number of piperazine rings is 1. The average Bonchev–Trinajstić information content (AvgIpc) is 3.57. The van der Waals surface area contributed by atoms with Crippen LogP contribution in [0.5, 0.6) is 5.75 Å². The van der Waals surface area contributed by atoms with Crippen molar-refractivity contribution in [2.45, 2.75) is 13.8 Å². The Hall–Kier alpha value is -3.63. The van der Waals surface area contributed by atoms with Crippen LogP contribution in [0.4, 0.5) is 10.1 Å². The monoisotopic (exact) mass is 491 g/mol. The highest BCUT2D eigenvalue weighted by Crippen LogP contribution is 2.38. The zero-order chi connectivity index (χ0) is 24.5. The first kappa shape index (κ1) is 23.1. The number of halogens is 1. The Kier molecular flexibility index (Phi) is 6.31. The molecular formula is C25H26FN7OS. The minimum atomic E-state index is -0.781. The van der Waals surface area contributed by atoms with Crippen LogP contribution in [-0.2, 0) is 7.05 Å². The summed E-state index contributed by atoms with van der Waals surface area (Å²) in [7, 11) is 1.71. The fourth-order valence-corrected chi connectivity index (χ4v) is 4.91. The average molecular weight is 492 g/mol. The molecular weight excluding hydrogens is 465 g/mol. The third-order valence-corrected chi connectivity index (χ3v) is 6.64. The Morgan fingerprint density at radius 1 is 1.11 bits per heavy atom. The molecule has 1 fully saturated rings. The summed E-state index contributed by atoms with van der Waals surface area (Å²) >= 11 is 1.47. The number of anilines is 1. The first-order valence-electron chi connectivity index (χ1n) is 11.6. The molecule has 0 atom stereocenters. The summed E-state index contributed by atoms with van der Waals surface area (Å²) < 4.78 is 16.4. The summed E-state index contributed by atoms with van der Waals surface area (Å²) in [6, 6.07) is 7.75. The molecule has 2 N–H and O–H groups in total. The van der Waals surface area contributed by atoms with Crippen LogP contribution in [-0.4, -0.2) is 56.0 Å². The maximum absolute atomic E-state index is 14.9. The first-order valence-corrected chi connectivity index (χ1v) is 12.5. The highest BCUT2D eigenvalue weighted by Gasteiger charge is 2.21. The van der Waals surface area contributed by atoms with E-state index in [1.54, 1.807) is 25.5 Å². The van der Waals surface area contributed by atoms with Gasteiger partial charge in [-0.2, -0.15) is 5.10 Å². The predicted octanol–water partition coefficient (Wildman–Crippen LogP) is 4.59. The topological polar surface area (TPSA) is 92.0 Å². The third-order valence-electron chi connectivity index (χ3n) is 5.87. The van der Waals surface area contributed by atoms with Crippen LogP contribution in [0.2, 0.25) is 0 Å². The van der Waals surface area contributed by atoms with Crippen molar-refractivity contribution >= 4 is 38.8 Å². The van der Waals surface area contributed by atoms with Crippen molar-refractivity contribution in [3.63, 3.8) is 0 Å². The zero-order valence-corrected chi connectivity index (χ0v) is 20.6. The molecule has 10 heteroatoms. The van der Waals surface area contributed by atoms with E-state index in [4.69, 9.17) is 9.97 Å². The highest BCUT2D eigenvalue weighted by atomic mass is 32.1. The van der Waals surface area contributed by atoms with E-state index >= 15 is 0 Å². The van der Waals surface area contributed by atoms with Crippen molar-refractivity contribution in [1.82, 2.24) is 30.0 Å². The maximum Gasteiger partial charge on any atom is 0.193 e. The van der Waals surface area contributed by atoms with Gasteiger partial charge in [-0.1, -0.05) is 13.8 Å². The molecule has 0 radical (unpaired) electrons. The third kappa shape index (κ3) is 4.19. The van der Waals surface area contributed by atoms with Gasteiger partial charge in [0.05, 0.1) is 11.1 Å². The Morgan fingerprint density at radius 2 is 1.91 bits per heavy atom. The number of nitrogens with zero attached hydrogens (tertiary/aromatic N) is 6. The number of fused-ring (bicyclic) bond motifs is 2. The second-order valence-electron chi connectivity index (χ2n) is 8.00. The number of aryl methyl sites for hydroxylation is 1. The second-order valence-corrected chi connectivity index (χ2v) is 8.89. The van der Waals surface area contributed by atoms with Crippen molar-refractivity contribution in [1.29, 1.82) is 0 Å². The molecule has 180 valence electrons. The molecule has 6 rings (SSSR count). The van der Waals surface area contributed by atoms with Crippen LogP contribution in [0, 0.1) is 5.82 Å². The van der Waals surface area contributed by atoms with Gasteiger partial charge in [0.15, 0.2) is 17.4 Å². The Morgan fingerprint density at radius 3 is 2.66 bits per heavy atom. The zero-order valence-electron chi connectivity index (χ0n) is 19.8. The summed E-state index contributed by atoms with van der Waals surface area (Å²) in [6.45, 7) is 7.73. The number of benzene rings is 2. The molecule has 2 aromatic carbocycles. The molecule has 0 spiro atoms. The van der Waals surface area contributed by atoms with Crippen molar-refractivity contribution < 1.29 is 9.50 Å². The Bertz CT molecular complexity index is 1490. The van der Waals surface area contributed by atoms with Gasteiger partial charge >= 0.3 is 0 Å². The van der Waals surface area contributed by atoms with E-state index in [-0.39, 0.29) is 16.9 Å². The minimum Gasteiger partial charge on any atom is -0.504 e. The molecule has 3 aromatic heterocycles. The van der Waals surface area contributed by atoms with E-state index in [0.29, 0.717) is 16.6 Å². The molecule has 1 aliphatic rings. The Labute approximate surface area is 206 Å². The number of nitrogens with one attached hydrogen (secondary N) is 1. The Balaban J connectivity index is 0.00000124. The van der Waals surface area contributed by atoms with Crippen LogP contribution in [0.1, 0.15) is 13.8 Å². The van der Waals surface area contributed by atoms with Crippen LogP contribution in [0.3, 0.4) is 0 Å². The molecule has 0 aliphatic carbocycles. The number of phenols is 1. The molecule has 4 heterocycles. The van der Waals surface area contributed by atoms with Gasteiger partial charge in [-0.15, -0.1) is 11.3 Å². The second kappa shape index (κ2) is 9.55. The molecule has 0 bridgehead atoms. The number of hydrogen-bond acceptors (Lipinski definition) is 8. The van der Waals surface area contributed by atoms with Gasteiger partial charge in [-0.3, -0.25) is 4.68 Å². The number of phenolic OH excluding ortho intramolecular Hbond substituents is 1. The van der Waals surface area contributed by atoms with Crippen LogP contribution in [0.25, 0.3) is 43.9 Å². The fraction of sp³-hybridized carbons (Fsp3) is 0.280. The fourth-order valence-electron chi connectivity index (χ4n) is 4.27. The molecule has 0 amide bonds. The number of aromatic hydroxyl groups is 1. The van der Waals surface area contributed by atoms with E-state index in [2.05, 4.69) is 26.4 Å². The number of thiazole rings is 1. The molecule has 0 saturated carbocycles. The van der Waals surface area contributed by atoms with Gasteiger partial charge in [0, 0.05) is 67.5 Å². The molecule has 5 aromatic rings. The van der Waals surface area contributed by atoms with Gasteiger partial charge < -0.3 is 15.3 Å². The minimum absolute atomic E-state index is 0.111. The summed E-state index contributed by atoms with van der Waals surface area (Å²) in [6.07, 6.45) is 3.43. The van der Waals surface area contributed by atoms with Gasteiger partial charge in [-0.05, 0) is 24.3 Å². The van der Waals surface area contributed by atoms with Crippen molar-refractivity contribution in [2.75, 3.05) is 31.1 Å². The molecule has 1 aliphatic heterocycles. The van der Waals surface area contributed by atoms with E-state index in [1.807, 2.05) is 31.4 Å². The van der Waals surface area contributed by atoms with Gasteiger partial charge in [-0.25, -0.2) is 19.3 Å². The lowest BCUT2D eigenvalue weighted by atomic mass is 10.1. The standard InChI is InChI=1S/C23H20FN7OS.C2H6/c1-30-12-13-10-16(21(32)18(24)19(13)29-30)22-27-17-3-2-14(31-7-4-25-5-8-31)11-15(17)20(28-22)23-26-6-9-33-23;1-2/h2-3,6,9-12,25,32H,4-5,7-8H2,1H3;1-2H3. The van der Waals surface area contributed by atoms with E-state index in [0.717, 1.165) is 42.3 Å². The lowest BCUT2D eigenvalue weighted by Crippen LogP contribution is -2.43. The quantitative estimate of drug-likeness (QED) is 0.381. The van der Waals surface area contributed by atoms with E-state index in [9.17, 15) is 9.50 Å². The normalized spacial score (nSPS) is 13.8. The van der Waals surface area contributed by atoms with Crippen LogP contribution >= 0.6 is 11.3 Å². The van der Waals surface area contributed by atoms with Crippen LogP contribution in [0.15, 0.2) is 42.0 Å². The summed E-state index contributed by atoms with van der Waals surface area (Å²) in [5.41, 5.74) is 2.80. The smallest absolute Gasteiger partial charge is 0.193 e. The first-order chi connectivity index (χ1) is 17.1. The van der Waals surface area contributed by atoms with Crippen molar-refractivity contribution in [3.8, 4) is 27.8 Å². The lowest BCUT2D eigenvalue weighted by molar-refractivity contribution is 0.437. The van der Waals surface area contributed by atoms with E-state index < -0.39 is 11.6 Å². The van der Waals surface area contributed by atoms with Gasteiger partial charge in [0.25, 0.3) is 0 Å². The molecule has 8 nitrogen and oxygen atoms in total. The summed E-state index contributed by atoms with van der Waals surface area (Å²) in [5.74, 6) is -1.05. The van der Waals surface area contributed by atoms with E-state index in [1.165, 1.54) is 16.0 Å². The molecule has 1 saturated heterocycles. The van der Waals surface area contributed by atoms with Crippen molar-refractivity contribution in [3.05, 3.63) is 47.9 Å². The van der Waals surface area contributed by atoms with Gasteiger partial charge in [0.2, 0.25) is 0 Å². The summed E-state index contributed by atoms with van der Waals surface area (Å²) in [4.78, 5) is 16.3. The molecule has 0 unspecified atom stereocenters. The SMILES string of the molecule is CC.Cn1cc2cc(-c3nc(-c4nccs4)c4cc(N5CCNCC5)ccc4n3)c(O)c(F)c2n1.